The number of anilines is 1. The first-order chi connectivity index (χ1) is 11.2. The molecule has 3 heterocycles. The molecule has 3 aromatic rings. The molecule has 4 rings (SSSR count). The van der Waals surface area contributed by atoms with E-state index in [2.05, 4.69) is 65.3 Å². The van der Waals surface area contributed by atoms with Crippen LogP contribution in [-0.4, -0.2) is 35.2 Å². The van der Waals surface area contributed by atoms with Crippen LogP contribution in [0, 0.1) is 0 Å². The van der Waals surface area contributed by atoms with Crippen LogP contribution >= 0.6 is 0 Å². The van der Waals surface area contributed by atoms with E-state index in [-0.39, 0.29) is 0 Å². The van der Waals surface area contributed by atoms with Gasteiger partial charge < -0.3 is 14.8 Å². The first-order valence-electron chi connectivity index (χ1n) is 8.21. The summed E-state index contributed by atoms with van der Waals surface area (Å²) in [4.78, 5) is 7.14. The number of benzene rings is 1. The van der Waals surface area contributed by atoms with Gasteiger partial charge in [-0.25, -0.2) is 0 Å². The lowest BCUT2D eigenvalue weighted by molar-refractivity contribution is 0.485. The SMILES string of the molecule is CC1CN(c2cccnc2-c2ccc3ccn(C)c3c2)CCN1. The third-order valence-corrected chi connectivity index (χ3v) is 4.66. The molecule has 1 aliphatic rings. The molecule has 118 valence electrons. The predicted molar refractivity (Wildman–Crippen MR) is 95.8 cm³/mol. The monoisotopic (exact) mass is 306 g/mol. The molecule has 0 radical (unpaired) electrons. The van der Waals surface area contributed by atoms with E-state index in [0.717, 1.165) is 25.3 Å². The normalized spacial score (nSPS) is 18.5. The highest BCUT2D eigenvalue weighted by molar-refractivity contribution is 5.87. The van der Waals surface area contributed by atoms with E-state index in [1.54, 1.807) is 0 Å². The van der Waals surface area contributed by atoms with Crippen LogP contribution in [0.25, 0.3) is 22.2 Å². The Morgan fingerprint density at radius 3 is 3.00 bits per heavy atom. The lowest BCUT2D eigenvalue weighted by Gasteiger charge is -2.34. The number of aromatic nitrogens is 2. The zero-order chi connectivity index (χ0) is 15.8. The fraction of sp³-hybridized carbons (Fsp3) is 0.316. The Morgan fingerprint density at radius 1 is 1.22 bits per heavy atom. The Balaban J connectivity index is 1.79. The molecule has 23 heavy (non-hydrogen) atoms. The third kappa shape index (κ3) is 2.59. The number of hydrogen-bond donors (Lipinski definition) is 1. The van der Waals surface area contributed by atoms with Crippen LogP contribution in [0.5, 0.6) is 0 Å². The minimum absolute atomic E-state index is 0.507. The van der Waals surface area contributed by atoms with Crippen molar-refractivity contribution in [1.82, 2.24) is 14.9 Å². The van der Waals surface area contributed by atoms with Crippen molar-refractivity contribution >= 4 is 16.6 Å². The second kappa shape index (κ2) is 5.70. The molecule has 1 atom stereocenters. The minimum atomic E-state index is 0.507. The summed E-state index contributed by atoms with van der Waals surface area (Å²) in [7, 11) is 2.09. The number of piperazine rings is 1. The van der Waals surface area contributed by atoms with Crippen molar-refractivity contribution in [2.24, 2.45) is 7.05 Å². The molecule has 0 aliphatic carbocycles. The lowest BCUT2D eigenvalue weighted by Crippen LogP contribution is -2.49. The molecule has 1 aromatic carbocycles. The van der Waals surface area contributed by atoms with E-state index in [0.29, 0.717) is 6.04 Å². The number of hydrogen-bond acceptors (Lipinski definition) is 3. The number of pyridine rings is 1. The van der Waals surface area contributed by atoms with Gasteiger partial charge in [0.05, 0.1) is 11.4 Å². The molecular weight excluding hydrogens is 284 g/mol. The van der Waals surface area contributed by atoms with Crippen molar-refractivity contribution in [1.29, 1.82) is 0 Å². The maximum Gasteiger partial charge on any atom is 0.0936 e. The van der Waals surface area contributed by atoms with Gasteiger partial charge in [-0.2, -0.15) is 0 Å². The lowest BCUT2D eigenvalue weighted by atomic mass is 10.1. The van der Waals surface area contributed by atoms with E-state index in [4.69, 9.17) is 4.98 Å². The minimum Gasteiger partial charge on any atom is -0.367 e. The van der Waals surface area contributed by atoms with Gasteiger partial charge in [0.25, 0.3) is 0 Å². The van der Waals surface area contributed by atoms with Crippen LogP contribution in [-0.2, 0) is 7.05 Å². The van der Waals surface area contributed by atoms with Gasteiger partial charge >= 0.3 is 0 Å². The van der Waals surface area contributed by atoms with Crippen molar-refractivity contribution < 1.29 is 0 Å². The van der Waals surface area contributed by atoms with Crippen LogP contribution in [0.15, 0.2) is 48.8 Å². The molecule has 4 heteroatoms. The van der Waals surface area contributed by atoms with Crippen LogP contribution in [0.1, 0.15) is 6.92 Å². The Hall–Kier alpha value is -2.33. The van der Waals surface area contributed by atoms with Gasteiger partial charge in [0, 0.05) is 56.2 Å². The third-order valence-electron chi connectivity index (χ3n) is 4.66. The Bertz CT molecular complexity index is 836. The highest BCUT2D eigenvalue weighted by atomic mass is 15.2. The highest BCUT2D eigenvalue weighted by Gasteiger charge is 2.19. The first-order valence-corrected chi connectivity index (χ1v) is 8.21. The molecule has 0 bridgehead atoms. The zero-order valence-electron chi connectivity index (χ0n) is 13.7. The molecule has 1 aliphatic heterocycles. The topological polar surface area (TPSA) is 33.1 Å². The summed E-state index contributed by atoms with van der Waals surface area (Å²) in [6, 6.07) is 13.5. The Morgan fingerprint density at radius 2 is 2.13 bits per heavy atom. The number of aryl methyl sites for hydroxylation is 1. The summed E-state index contributed by atoms with van der Waals surface area (Å²) in [5.41, 5.74) is 4.73. The quantitative estimate of drug-likeness (QED) is 0.790. The number of rotatable bonds is 2. The summed E-state index contributed by atoms with van der Waals surface area (Å²) >= 11 is 0. The predicted octanol–water partition coefficient (Wildman–Crippen LogP) is 3.04. The largest absolute Gasteiger partial charge is 0.367 e. The smallest absolute Gasteiger partial charge is 0.0936 e. The number of nitrogens with one attached hydrogen (secondary N) is 1. The molecule has 1 fully saturated rings. The van der Waals surface area contributed by atoms with Crippen LogP contribution in [0.4, 0.5) is 5.69 Å². The van der Waals surface area contributed by atoms with Gasteiger partial charge in [-0.05, 0) is 36.6 Å². The van der Waals surface area contributed by atoms with E-state index in [9.17, 15) is 0 Å². The molecule has 1 N–H and O–H groups in total. The molecule has 4 nitrogen and oxygen atoms in total. The molecule has 1 saturated heterocycles. The number of fused-ring (bicyclic) bond motifs is 1. The van der Waals surface area contributed by atoms with Gasteiger partial charge in [-0.3, -0.25) is 4.98 Å². The van der Waals surface area contributed by atoms with Gasteiger partial charge in [0.1, 0.15) is 0 Å². The van der Waals surface area contributed by atoms with Gasteiger partial charge in [0.15, 0.2) is 0 Å². The van der Waals surface area contributed by atoms with Crippen LogP contribution < -0.4 is 10.2 Å². The summed E-state index contributed by atoms with van der Waals surface area (Å²) < 4.78 is 2.16. The molecule has 0 spiro atoms. The fourth-order valence-electron chi connectivity index (χ4n) is 3.44. The van der Waals surface area contributed by atoms with E-state index in [1.165, 1.54) is 22.2 Å². The Kier molecular flexibility index (Phi) is 3.54. The van der Waals surface area contributed by atoms with E-state index < -0.39 is 0 Å². The van der Waals surface area contributed by atoms with Crippen molar-refractivity contribution in [2.75, 3.05) is 24.5 Å². The number of nitrogens with zero attached hydrogens (tertiary/aromatic N) is 3. The van der Waals surface area contributed by atoms with Gasteiger partial charge in [-0.15, -0.1) is 0 Å². The highest BCUT2D eigenvalue weighted by Crippen LogP contribution is 2.31. The maximum atomic E-state index is 4.70. The Labute approximate surface area is 136 Å². The summed E-state index contributed by atoms with van der Waals surface area (Å²) in [6.07, 6.45) is 3.99. The average molecular weight is 306 g/mol. The van der Waals surface area contributed by atoms with Gasteiger partial charge in [-0.1, -0.05) is 12.1 Å². The van der Waals surface area contributed by atoms with E-state index in [1.807, 2.05) is 12.3 Å². The molecule has 1 unspecified atom stereocenters. The second-order valence-electron chi connectivity index (χ2n) is 6.37. The van der Waals surface area contributed by atoms with Crippen molar-refractivity contribution in [3.8, 4) is 11.3 Å². The summed E-state index contributed by atoms with van der Waals surface area (Å²) in [5, 5.41) is 4.77. The molecular formula is C19H22N4. The maximum absolute atomic E-state index is 4.70. The summed E-state index contributed by atoms with van der Waals surface area (Å²) in [5.74, 6) is 0. The molecule has 0 amide bonds. The first kappa shape index (κ1) is 14.3. The second-order valence-corrected chi connectivity index (χ2v) is 6.37. The fourth-order valence-corrected chi connectivity index (χ4v) is 3.44. The standard InChI is InChI=1S/C19H22N4/c1-14-13-23(11-9-20-14)17-4-3-8-21-19(17)16-6-5-15-7-10-22(2)18(15)12-16/h3-8,10,12,14,20H,9,11,13H2,1-2H3. The van der Waals surface area contributed by atoms with Crippen LogP contribution in [0.2, 0.25) is 0 Å². The average Bonchev–Trinajstić information content (AvgIpc) is 2.95. The molecule has 2 aromatic heterocycles. The van der Waals surface area contributed by atoms with Crippen molar-refractivity contribution in [2.45, 2.75) is 13.0 Å². The van der Waals surface area contributed by atoms with E-state index >= 15 is 0 Å². The van der Waals surface area contributed by atoms with Crippen molar-refractivity contribution in [3.63, 3.8) is 0 Å². The van der Waals surface area contributed by atoms with Gasteiger partial charge in [0.2, 0.25) is 0 Å². The summed E-state index contributed by atoms with van der Waals surface area (Å²) in [6.45, 7) is 5.30. The molecule has 0 saturated carbocycles. The zero-order valence-corrected chi connectivity index (χ0v) is 13.7. The van der Waals surface area contributed by atoms with Crippen LogP contribution in [0.3, 0.4) is 0 Å². The van der Waals surface area contributed by atoms with Crippen molar-refractivity contribution in [3.05, 3.63) is 48.8 Å².